The Bertz CT molecular complexity index is 682. The van der Waals surface area contributed by atoms with Crippen LogP contribution in [-0.2, 0) is 25.8 Å². The fraction of sp³-hybridized carbons (Fsp3) is 0.462. The molecular weight excluding hydrogens is 324 g/mol. The van der Waals surface area contributed by atoms with Gasteiger partial charge in [-0.25, -0.2) is 4.79 Å². The third kappa shape index (κ3) is 4.85. The van der Waals surface area contributed by atoms with Gasteiger partial charge in [0.1, 0.15) is 0 Å². The number of hydrogen-bond acceptors (Lipinski definition) is 6. The first-order valence-electron chi connectivity index (χ1n) is 7.00. The zero-order valence-electron chi connectivity index (χ0n) is 12.2. The summed E-state index contributed by atoms with van der Waals surface area (Å²) in [4.78, 5) is 19.9. The van der Waals surface area contributed by atoms with Crippen LogP contribution in [0, 0.1) is 0 Å². The number of benzene rings is 1. The van der Waals surface area contributed by atoms with Crippen molar-refractivity contribution in [2.75, 3.05) is 13.1 Å². The quantitative estimate of drug-likeness (QED) is 0.259. The van der Waals surface area contributed by atoms with E-state index in [2.05, 4.69) is 19.2 Å². The van der Waals surface area contributed by atoms with Crippen LogP contribution in [-0.4, -0.2) is 37.9 Å². The molecule has 0 bridgehead atoms. The maximum Gasteiger partial charge on any atom is 0.442 e. The average Bonchev–Trinajstić information content (AvgIpc) is 3.08. The number of rotatable bonds is 6. The van der Waals surface area contributed by atoms with Gasteiger partial charge in [0.2, 0.25) is 0 Å². The van der Waals surface area contributed by atoms with E-state index in [0.717, 1.165) is 12.8 Å². The second-order valence-corrected chi connectivity index (χ2v) is 6.62. The van der Waals surface area contributed by atoms with Gasteiger partial charge >= 0.3 is 16.2 Å². The lowest BCUT2D eigenvalue weighted by Gasteiger charge is -2.15. The number of likely N-dealkylation sites (tertiary alicyclic amines) is 1. The highest BCUT2D eigenvalue weighted by atomic mass is 32.2. The van der Waals surface area contributed by atoms with Crippen LogP contribution < -0.4 is 0 Å². The summed E-state index contributed by atoms with van der Waals surface area (Å²) < 4.78 is 28.4. The molecule has 10 heteroatoms. The van der Waals surface area contributed by atoms with Gasteiger partial charge in [-0.3, -0.25) is 4.89 Å². The molecule has 1 atom stereocenters. The monoisotopic (exact) mass is 340 g/mol. The molecular formula is C13H16N4O5S. The molecule has 9 nitrogen and oxygen atoms in total. The third-order valence-corrected chi connectivity index (χ3v) is 4.52. The minimum Gasteiger partial charge on any atom is -0.306 e. The maximum absolute atomic E-state index is 12.1. The highest BCUT2D eigenvalue weighted by Crippen LogP contribution is 2.16. The lowest BCUT2D eigenvalue weighted by molar-refractivity contribution is -0.147. The van der Waals surface area contributed by atoms with Gasteiger partial charge in [-0.1, -0.05) is 39.8 Å². The van der Waals surface area contributed by atoms with E-state index in [-0.39, 0.29) is 6.42 Å². The van der Waals surface area contributed by atoms with Gasteiger partial charge < -0.3 is 4.90 Å². The van der Waals surface area contributed by atoms with Crippen LogP contribution in [0.15, 0.2) is 35.4 Å². The first kappa shape index (κ1) is 17.1. The van der Waals surface area contributed by atoms with Crippen LogP contribution >= 0.6 is 0 Å². The SMILES string of the molecule is [N-]=[N+]=NC(Cc1ccccc1)S(=O)(=O)OOC(=O)N1CCCC1. The molecule has 1 aromatic carbocycles. The third-order valence-electron chi connectivity index (χ3n) is 3.33. The molecule has 0 aromatic heterocycles. The number of amides is 1. The summed E-state index contributed by atoms with van der Waals surface area (Å²) in [6.07, 6.45) is 0.702. The van der Waals surface area contributed by atoms with Crippen LogP contribution in [0.4, 0.5) is 4.79 Å². The number of hydrogen-bond donors (Lipinski definition) is 0. The van der Waals surface area contributed by atoms with Crippen LogP contribution in [0.25, 0.3) is 10.4 Å². The normalized spacial score (nSPS) is 15.7. The van der Waals surface area contributed by atoms with Crippen molar-refractivity contribution in [1.29, 1.82) is 0 Å². The summed E-state index contributed by atoms with van der Waals surface area (Å²) in [5.41, 5.74) is 9.19. The zero-order chi connectivity index (χ0) is 16.7. The number of carbonyl (C=O) groups is 1. The molecule has 0 spiro atoms. The van der Waals surface area contributed by atoms with Crippen molar-refractivity contribution in [2.45, 2.75) is 24.6 Å². The second kappa shape index (κ2) is 7.82. The van der Waals surface area contributed by atoms with Gasteiger partial charge in [0, 0.05) is 18.0 Å². The Kier molecular flexibility index (Phi) is 5.80. The Morgan fingerprint density at radius 2 is 1.96 bits per heavy atom. The average molecular weight is 340 g/mol. The summed E-state index contributed by atoms with van der Waals surface area (Å²) in [6, 6.07) is 8.60. The standard InChI is InChI=1S/C13H16N4O5S/c14-16-15-12(10-11-6-2-1-3-7-11)23(19,20)22-21-13(18)17-8-4-5-9-17/h1-3,6-7,12H,4-5,8-10H2. The van der Waals surface area contributed by atoms with E-state index in [4.69, 9.17) is 5.53 Å². The summed E-state index contributed by atoms with van der Waals surface area (Å²) in [7, 11) is -4.40. The minimum absolute atomic E-state index is 0.0888. The molecule has 1 aliphatic rings. The summed E-state index contributed by atoms with van der Waals surface area (Å²) in [5, 5.41) is 1.70. The van der Waals surface area contributed by atoms with Crippen molar-refractivity contribution in [2.24, 2.45) is 5.11 Å². The molecule has 124 valence electrons. The van der Waals surface area contributed by atoms with Crippen molar-refractivity contribution in [1.82, 2.24) is 4.90 Å². The van der Waals surface area contributed by atoms with E-state index in [1.165, 1.54) is 4.90 Å². The number of nitrogens with zero attached hydrogens (tertiary/aromatic N) is 4. The predicted molar refractivity (Wildman–Crippen MR) is 80.4 cm³/mol. The molecule has 1 amide bonds. The van der Waals surface area contributed by atoms with Gasteiger partial charge in [-0.05, 0) is 30.4 Å². The molecule has 0 radical (unpaired) electrons. The van der Waals surface area contributed by atoms with Crippen LogP contribution in [0.2, 0.25) is 0 Å². The molecule has 1 heterocycles. The largest absolute Gasteiger partial charge is 0.442 e. The predicted octanol–water partition coefficient (Wildman–Crippen LogP) is 2.36. The smallest absolute Gasteiger partial charge is 0.306 e. The summed E-state index contributed by atoms with van der Waals surface area (Å²) in [6.45, 7) is 0.984. The molecule has 0 saturated carbocycles. The zero-order valence-corrected chi connectivity index (χ0v) is 13.1. The maximum atomic E-state index is 12.1. The fourth-order valence-corrected chi connectivity index (χ4v) is 2.95. The Balaban J connectivity index is 2.01. The molecule has 0 aliphatic carbocycles. The fourth-order valence-electron chi connectivity index (χ4n) is 2.15. The molecule has 1 aromatic rings. The van der Waals surface area contributed by atoms with E-state index in [1.54, 1.807) is 30.3 Å². The van der Waals surface area contributed by atoms with Crippen molar-refractivity contribution >= 4 is 16.2 Å². The first-order chi connectivity index (χ1) is 11.0. The highest BCUT2D eigenvalue weighted by molar-refractivity contribution is 7.87. The van der Waals surface area contributed by atoms with Crippen molar-refractivity contribution in [3.05, 3.63) is 46.3 Å². The van der Waals surface area contributed by atoms with Gasteiger partial charge in [0.25, 0.3) is 0 Å². The van der Waals surface area contributed by atoms with E-state index in [0.29, 0.717) is 18.7 Å². The van der Waals surface area contributed by atoms with Crippen molar-refractivity contribution in [3.63, 3.8) is 0 Å². The van der Waals surface area contributed by atoms with E-state index < -0.39 is 21.6 Å². The Morgan fingerprint density at radius 3 is 2.57 bits per heavy atom. The van der Waals surface area contributed by atoms with Crippen molar-refractivity contribution in [3.8, 4) is 0 Å². The Labute approximate surface area is 133 Å². The number of azide groups is 1. The second-order valence-electron chi connectivity index (χ2n) is 4.95. The highest BCUT2D eigenvalue weighted by Gasteiger charge is 2.30. The van der Waals surface area contributed by atoms with Crippen LogP contribution in [0.5, 0.6) is 0 Å². The molecule has 0 N–H and O–H groups in total. The van der Waals surface area contributed by atoms with E-state index >= 15 is 0 Å². The molecule has 1 saturated heterocycles. The topological polar surface area (TPSA) is 122 Å². The van der Waals surface area contributed by atoms with Gasteiger partial charge in [0.05, 0.1) is 0 Å². The van der Waals surface area contributed by atoms with E-state index in [1.807, 2.05) is 0 Å². The number of carbonyl (C=O) groups excluding carboxylic acids is 1. The Hall–Kier alpha value is -2.29. The molecule has 1 aliphatic heterocycles. The molecule has 2 rings (SSSR count). The lowest BCUT2D eigenvalue weighted by Crippen LogP contribution is -2.31. The molecule has 23 heavy (non-hydrogen) atoms. The van der Waals surface area contributed by atoms with Gasteiger partial charge in [-0.2, -0.15) is 8.42 Å². The van der Waals surface area contributed by atoms with E-state index in [9.17, 15) is 13.2 Å². The van der Waals surface area contributed by atoms with Crippen LogP contribution in [0.3, 0.4) is 0 Å². The minimum atomic E-state index is -4.40. The van der Waals surface area contributed by atoms with Gasteiger partial charge in [-0.15, -0.1) is 0 Å². The van der Waals surface area contributed by atoms with Crippen LogP contribution in [0.1, 0.15) is 18.4 Å². The molecule has 1 unspecified atom stereocenters. The van der Waals surface area contributed by atoms with Crippen molar-refractivity contribution < 1.29 is 22.4 Å². The summed E-state index contributed by atoms with van der Waals surface area (Å²) >= 11 is 0. The Morgan fingerprint density at radius 1 is 1.30 bits per heavy atom. The first-order valence-corrected chi connectivity index (χ1v) is 8.47. The van der Waals surface area contributed by atoms with Gasteiger partial charge in [0.15, 0.2) is 5.37 Å². The molecule has 1 fully saturated rings. The lowest BCUT2D eigenvalue weighted by atomic mass is 10.1. The summed E-state index contributed by atoms with van der Waals surface area (Å²) in [5.74, 6) is 0.